The van der Waals surface area contributed by atoms with Crippen molar-refractivity contribution in [1.82, 2.24) is 5.32 Å². The minimum absolute atomic E-state index is 0.263. The third kappa shape index (κ3) is 5.00. The molecule has 0 saturated carbocycles. The summed E-state index contributed by atoms with van der Waals surface area (Å²) in [5.74, 6) is 0.649. The molecule has 0 spiro atoms. The molecule has 0 unspecified atom stereocenters. The van der Waals surface area contributed by atoms with E-state index in [2.05, 4.69) is 16.7 Å². The molecule has 0 radical (unpaired) electrons. The van der Waals surface area contributed by atoms with Gasteiger partial charge in [0.05, 0.1) is 7.11 Å². The Morgan fingerprint density at radius 1 is 1.14 bits per heavy atom. The summed E-state index contributed by atoms with van der Waals surface area (Å²) in [6, 6.07) is 14.1. The van der Waals surface area contributed by atoms with E-state index in [4.69, 9.17) is 17.0 Å². The van der Waals surface area contributed by atoms with E-state index in [9.17, 15) is 4.39 Å². The highest BCUT2D eigenvalue weighted by Gasteiger charge is 2.02. The van der Waals surface area contributed by atoms with E-state index in [0.29, 0.717) is 5.11 Å². The predicted octanol–water partition coefficient (Wildman–Crippen LogP) is 3.75. The summed E-state index contributed by atoms with van der Waals surface area (Å²) in [6.07, 6.45) is 1.85. The van der Waals surface area contributed by atoms with Gasteiger partial charge in [0.1, 0.15) is 11.6 Å². The molecular weight excluding hydrogens is 299 g/mol. The zero-order valence-electron chi connectivity index (χ0n) is 12.4. The van der Waals surface area contributed by atoms with E-state index >= 15 is 0 Å². The van der Waals surface area contributed by atoms with Gasteiger partial charge in [-0.15, -0.1) is 0 Å². The number of methoxy groups -OCH3 is 1. The van der Waals surface area contributed by atoms with Crippen LogP contribution in [0.5, 0.6) is 5.75 Å². The molecule has 0 fully saturated rings. The number of thiocarbonyl (C=S) groups is 1. The van der Waals surface area contributed by atoms with Gasteiger partial charge in [0, 0.05) is 12.2 Å². The van der Waals surface area contributed by atoms with Gasteiger partial charge in [-0.2, -0.15) is 0 Å². The first-order valence-electron chi connectivity index (χ1n) is 7.11. The number of nitrogens with one attached hydrogen (secondary N) is 2. The molecule has 116 valence electrons. The van der Waals surface area contributed by atoms with E-state index in [1.807, 2.05) is 18.2 Å². The Kier molecular flexibility index (Phi) is 6.15. The molecule has 0 saturated heterocycles. The maximum atomic E-state index is 12.8. The van der Waals surface area contributed by atoms with Gasteiger partial charge in [-0.25, -0.2) is 4.39 Å². The van der Waals surface area contributed by atoms with Crippen LogP contribution in [0, 0.1) is 5.82 Å². The van der Waals surface area contributed by atoms with Gasteiger partial charge in [-0.1, -0.05) is 18.2 Å². The molecule has 0 bridgehead atoms. The predicted molar refractivity (Wildman–Crippen MR) is 91.9 cm³/mol. The minimum atomic E-state index is -0.263. The zero-order chi connectivity index (χ0) is 15.8. The number of hydrogen-bond acceptors (Lipinski definition) is 2. The van der Waals surface area contributed by atoms with Crippen molar-refractivity contribution in [2.75, 3.05) is 19.0 Å². The highest BCUT2D eigenvalue weighted by atomic mass is 32.1. The molecule has 2 N–H and O–H groups in total. The van der Waals surface area contributed by atoms with Gasteiger partial charge < -0.3 is 15.4 Å². The van der Waals surface area contributed by atoms with Gasteiger partial charge in [0.15, 0.2) is 5.11 Å². The van der Waals surface area contributed by atoms with Crippen LogP contribution in [0.2, 0.25) is 0 Å². The second-order valence-electron chi connectivity index (χ2n) is 4.80. The molecule has 2 rings (SSSR count). The number of anilines is 1. The zero-order valence-corrected chi connectivity index (χ0v) is 13.3. The highest BCUT2D eigenvalue weighted by molar-refractivity contribution is 7.80. The van der Waals surface area contributed by atoms with Crippen molar-refractivity contribution < 1.29 is 9.13 Å². The number of ether oxygens (including phenoxy) is 1. The Labute approximate surface area is 135 Å². The lowest BCUT2D eigenvalue weighted by atomic mass is 10.1. The van der Waals surface area contributed by atoms with E-state index < -0.39 is 0 Å². The summed E-state index contributed by atoms with van der Waals surface area (Å²) in [5.41, 5.74) is 1.95. The average Bonchev–Trinajstić information content (AvgIpc) is 2.54. The standard InChI is InChI=1S/C17H19FN2OS/c1-21-16-7-3-2-5-13(16)6-4-12-19-17(22)20-15-10-8-14(18)9-11-15/h2-3,5,7-11H,4,6,12H2,1H3,(H2,19,20,22). The monoisotopic (exact) mass is 318 g/mol. The van der Waals surface area contributed by atoms with Crippen LogP contribution >= 0.6 is 12.2 Å². The summed E-state index contributed by atoms with van der Waals surface area (Å²) in [7, 11) is 1.68. The van der Waals surface area contributed by atoms with E-state index in [1.165, 1.54) is 17.7 Å². The molecule has 0 amide bonds. The van der Waals surface area contributed by atoms with E-state index in [-0.39, 0.29) is 5.82 Å². The molecule has 22 heavy (non-hydrogen) atoms. The maximum absolute atomic E-state index is 12.8. The smallest absolute Gasteiger partial charge is 0.170 e. The summed E-state index contributed by atoms with van der Waals surface area (Å²) in [4.78, 5) is 0. The van der Waals surface area contributed by atoms with Crippen molar-refractivity contribution in [3.05, 3.63) is 59.9 Å². The van der Waals surface area contributed by atoms with Gasteiger partial charge in [0.2, 0.25) is 0 Å². The summed E-state index contributed by atoms with van der Waals surface area (Å²) < 4.78 is 18.1. The normalized spacial score (nSPS) is 10.1. The molecule has 3 nitrogen and oxygen atoms in total. The topological polar surface area (TPSA) is 33.3 Å². The van der Waals surface area contributed by atoms with Crippen LogP contribution < -0.4 is 15.4 Å². The Bertz CT molecular complexity index is 616. The molecule has 2 aromatic carbocycles. The highest BCUT2D eigenvalue weighted by Crippen LogP contribution is 2.18. The van der Waals surface area contributed by atoms with Crippen LogP contribution in [-0.4, -0.2) is 18.8 Å². The van der Waals surface area contributed by atoms with E-state index in [1.54, 1.807) is 19.2 Å². The second kappa shape index (κ2) is 8.34. The summed E-state index contributed by atoms with van der Waals surface area (Å²) in [6.45, 7) is 0.755. The van der Waals surface area contributed by atoms with Crippen LogP contribution in [0.15, 0.2) is 48.5 Å². The Hall–Kier alpha value is -2.14. The molecule has 2 aromatic rings. The first-order chi connectivity index (χ1) is 10.7. The summed E-state index contributed by atoms with van der Waals surface area (Å²) in [5, 5.41) is 6.69. The number of benzene rings is 2. The molecule has 0 heterocycles. The third-order valence-electron chi connectivity index (χ3n) is 3.20. The van der Waals surface area contributed by atoms with Crippen molar-refractivity contribution in [2.24, 2.45) is 0 Å². The first kappa shape index (κ1) is 16.2. The van der Waals surface area contributed by atoms with E-state index in [0.717, 1.165) is 30.8 Å². The average molecular weight is 318 g/mol. The second-order valence-corrected chi connectivity index (χ2v) is 5.21. The SMILES string of the molecule is COc1ccccc1CCCNC(=S)Nc1ccc(F)cc1. The van der Waals surface area contributed by atoms with Crippen LogP contribution in [0.4, 0.5) is 10.1 Å². The van der Waals surface area contributed by atoms with Crippen LogP contribution in [0.25, 0.3) is 0 Å². The summed E-state index contributed by atoms with van der Waals surface area (Å²) >= 11 is 5.21. The van der Waals surface area contributed by atoms with Crippen molar-refractivity contribution in [3.8, 4) is 5.75 Å². The van der Waals surface area contributed by atoms with Crippen molar-refractivity contribution in [1.29, 1.82) is 0 Å². The Morgan fingerprint density at radius 2 is 1.86 bits per heavy atom. The molecule has 5 heteroatoms. The lowest BCUT2D eigenvalue weighted by molar-refractivity contribution is 0.409. The molecule has 0 aliphatic heterocycles. The van der Waals surface area contributed by atoms with Crippen LogP contribution in [0.3, 0.4) is 0 Å². The number of aryl methyl sites for hydroxylation is 1. The largest absolute Gasteiger partial charge is 0.496 e. The fourth-order valence-corrected chi connectivity index (χ4v) is 2.32. The fraction of sp³-hybridized carbons (Fsp3) is 0.235. The van der Waals surface area contributed by atoms with Crippen molar-refractivity contribution >= 4 is 23.0 Å². The number of hydrogen-bond donors (Lipinski definition) is 2. The van der Waals surface area contributed by atoms with Gasteiger partial charge in [-0.3, -0.25) is 0 Å². The Morgan fingerprint density at radius 3 is 2.59 bits per heavy atom. The molecule has 0 aliphatic rings. The van der Waals surface area contributed by atoms with Crippen LogP contribution in [0.1, 0.15) is 12.0 Å². The third-order valence-corrected chi connectivity index (χ3v) is 3.45. The fourth-order valence-electron chi connectivity index (χ4n) is 2.10. The minimum Gasteiger partial charge on any atom is -0.496 e. The van der Waals surface area contributed by atoms with Crippen molar-refractivity contribution in [2.45, 2.75) is 12.8 Å². The molecular formula is C17H19FN2OS. The quantitative estimate of drug-likeness (QED) is 0.628. The first-order valence-corrected chi connectivity index (χ1v) is 7.52. The number of halogens is 1. The lowest BCUT2D eigenvalue weighted by Crippen LogP contribution is -2.29. The maximum Gasteiger partial charge on any atom is 0.170 e. The van der Waals surface area contributed by atoms with Gasteiger partial charge in [0.25, 0.3) is 0 Å². The van der Waals surface area contributed by atoms with Gasteiger partial charge in [-0.05, 0) is 61.0 Å². The van der Waals surface area contributed by atoms with Gasteiger partial charge >= 0.3 is 0 Å². The molecule has 0 atom stereocenters. The lowest BCUT2D eigenvalue weighted by Gasteiger charge is -2.11. The molecule has 0 aliphatic carbocycles. The Balaban J connectivity index is 1.72. The molecule has 0 aromatic heterocycles. The number of para-hydroxylation sites is 1. The van der Waals surface area contributed by atoms with Crippen LogP contribution in [-0.2, 0) is 6.42 Å². The van der Waals surface area contributed by atoms with Crippen molar-refractivity contribution in [3.63, 3.8) is 0 Å². The number of rotatable bonds is 6.